The summed E-state index contributed by atoms with van der Waals surface area (Å²) in [6.07, 6.45) is 3.99. The Morgan fingerprint density at radius 3 is 1.10 bits per heavy atom. The van der Waals surface area contributed by atoms with Crippen LogP contribution in [0.2, 0.25) is 35.2 Å². The van der Waals surface area contributed by atoms with Crippen molar-refractivity contribution in [2.75, 3.05) is 18.9 Å². The Morgan fingerprint density at radius 2 is 0.686 bits per heavy atom. The van der Waals surface area contributed by atoms with Crippen LogP contribution in [0.25, 0.3) is 50.7 Å². The molecule has 40 heteroatoms. The summed E-state index contributed by atoms with van der Waals surface area (Å²) in [5.74, 6) is -9.53. The molecule has 0 saturated heterocycles. The van der Waals surface area contributed by atoms with E-state index in [4.69, 9.17) is 85.9 Å². The van der Waals surface area contributed by atoms with E-state index in [1.807, 2.05) is 66.7 Å². The maximum atomic E-state index is 12.7. The predicted octanol–water partition coefficient (Wildman–Crippen LogP) is 20.8. The predicted molar refractivity (Wildman–Crippen MR) is 526 cm³/mol. The normalized spacial score (nSPS) is 11.7. The van der Waals surface area contributed by atoms with Gasteiger partial charge in [0.2, 0.25) is 28.9 Å². The maximum absolute atomic E-state index is 12.7. The first kappa shape index (κ1) is 108. The molecule has 0 fully saturated rings. The first-order chi connectivity index (χ1) is 64.4. The average molecular weight is 2070 g/mol. The molecule has 0 aromatic heterocycles. The van der Waals surface area contributed by atoms with E-state index in [9.17, 15) is 112 Å². The van der Waals surface area contributed by atoms with E-state index >= 15 is 0 Å². The zero-order valence-corrected chi connectivity index (χ0v) is 80.2. The van der Waals surface area contributed by atoms with Crippen molar-refractivity contribution in [1.29, 1.82) is 5.26 Å². The third-order valence-electron chi connectivity index (χ3n) is 18.2. The zero-order chi connectivity index (χ0) is 101. The summed E-state index contributed by atoms with van der Waals surface area (Å²) in [6, 6.07) is 69.6. The highest BCUT2D eigenvalue weighted by molar-refractivity contribution is 7.93. The van der Waals surface area contributed by atoms with E-state index in [1.165, 1.54) is 146 Å². The van der Waals surface area contributed by atoms with Crippen molar-refractivity contribution in [1.82, 2.24) is 0 Å². The first-order valence-electron chi connectivity index (χ1n) is 39.1. The summed E-state index contributed by atoms with van der Waals surface area (Å²) in [4.78, 5) is 112. The molecule has 0 radical (unpaired) electrons. The fourth-order valence-electron chi connectivity index (χ4n) is 11.3. The number of nitrogens with one attached hydrogen (secondary N) is 4. The number of nitrogens with zero attached hydrogens (tertiary/aromatic N) is 1. The lowest BCUT2D eigenvalue weighted by atomic mass is 10.00. The molecule has 0 aliphatic rings. The van der Waals surface area contributed by atoms with Gasteiger partial charge in [-0.05, 0) is 149 Å². The van der Waals surface area contributed by atoms with E-state index in [-0.39, 0.29) is 112 Å². The molecule has 9 N–H and O–H groups in total. The summed E-state index contributed by atoms with van der Waals surface area (Å²) in [5.41, 5.74) is 4.80. The second-order valence-electron chi connectivity index (χ2n) is 28.5. The van der Waals surface area contributed by atoms with Crippen LogP contribution in [0.1, 0.15) is 73.6 Å². The van der Waals surface area contributed by atoms with Crippen LogP contribution in [0.15, 0.2) is 311 Å². The Morgan fingerprint density at radius 1 is 0.321 bits per heavy atom. The highest BCUT2D eigenvalue weighted by Gasteiger charge is 2.25. The minimum absolute atomic E-state index is 0.0125. The minimum atomic E-state index is -4.11. The molecule has 704 valence electrons. The fourth-order valence-corrected chi connectivity index (χ4v) is 18.0. The maximum Gasteiger partial charge on any atom is 0.263 e. The monoisotopic (exact) mass is 2070 g/mol. The largest absolute Gasteiger partial charge is 0.507 e. The number of allylic oxidation sites excluding steroid dienone is 5. The van der Waals surface area contributed by atoms with Crippen LogP contribution in [0.5, 0.6) is 5.75 Å². The lowest BCUT2D eigenvalue weighted by molar-refractivity contribution is -0.132. The Labute approximate surface area is 820 Å². The quantitative estimate of drug-likeness (QED) is 0.00843. The van der Waals surface area contributed by atoms with Crippen LogP contribution in [0, 0.1) is 11.3 Å². The molecule has 12 aromatic carbocycles. The topological polar surface area (TPSA) is 490 Å². The number of nitriles is 1. The third-order valence-corrected chi connectivity index (χ3v) is 26.3. The Bertz CT molecular complexity index is 7490. The number of hydrogen-bond donors (Lipinski definition) is 9. The summed E-state index contributed by atoms with van der Waals surface area (Å²) in [6.45, 7) is 5.61. The van der Waals surface area contributed by atoms with Crippen LogP contribution in [-0.2, 0) is 94.6 Å². The fraction of sp³-hybridized carbons (Fsp3) is 0.0619. The number of benzene rings is 12. The van der Waals surface area contributed by atoms with Gasteiger partial charge in [-0.2, -0.15) is 5.26 Å². The molecule has 0 saturated carbocycles. The highest BCUT2D eigenvalue weighted by atomic mass is 35.5. The average Bonchev–Trinajstić information content (AvgIpc) is 0.800. The number of carbonyl (C=O) groups excluding carboxylic acids is 10. The Kier molecular flexibility index (Phi) is 38.4. The number of halogens is 7. The van der Waals surface area contributed by atoms with Crippen LogP contribution < -0.4 is 23.6 Å². The molecule has 0 unspecified atom stereocenters. The second kappa shape index (κ2) is 48.7. The van der Waals surface area contributed by atoms with Crippen LogP contribution in [-0.4, -0.2) is 117 Å². The van der Waals surface area contributed by atoms with Crippen molar-refractivity contribution in [2.45, 2.75) is 60.8 Å². The number of carbonyl (C=O) groups is 10. The summed E-state index contributed by atoms with van der Waals surface area (Å²) < 4.78 is 116. The Hall–Kier alpha value is -14.4. The van der Waals surface area contributed by atoms with Gasteiger partial charge >= 0.3 is 0 Å². The molecule has 29 nitrogen and oxygen atoms in total. The number of rotatable bonds is 31. The van der Waals surface area contributed by atoms with Crippen molar-refractivity contribution in [3.05, 3.63) is 365 Å². The summed E-state index contributed by atoms with van der Waals surface area (Å²) in [7, 11) is -16.0. The van der Waals surface area contributed by atoms with Gasteiger partial charge in [0.15, 0.2) is 28.9 Å². The van der Waals surface area contributed by atoms with Crippen molar-refractivity contribution in [3.63, 3.8) is 0 Å². The lowest BCUT2D eigenvalue weighted by Crippen LogP contribution is -2.13. The van der Waals surface area contributed by atoms with E-state index in [0.717, 1.165) is 98.5 Å². The van der Waals surface area contributed by atoms with E-state index < -0.39 is 121 Å². The molecule has 12 aromatic rings. The number of aliphatic hydroxyl groups is 5. The highest BCUT2D eigenvalue weighted by Crippen LogP contribution is 2.36. The van der Waals surface area contributed by atoms with Gasteiger partial charge in [-0.15, -0.1) is 0 Å². The van der Waals surface area contributed by atoms with Crippen LogP contribution >= 0.6 is 81.2 Å². The van der Waals surface area contributed by atoms with Gasteiger partial charge in [0.1, 0.15) is 50.9 Å². The number of sulfonamides is 4. The van der Waals surface area contributed by atoms with Crippen molar-refractivity contribution < 1.29 is 112 Å². The smallest absolute Gasteiger partial charge is 0.263 e. The van der Waals surface area contributed by atoms with Gasteiger partial charge in [0.05, 0.1) is 46.5 Å². The molecular formula is C97H74Cl7N5O24S4. The standard InChI is InChI=1S/C25H19NO4.C21H17NO5S.C17H12Cl3NO5S.2C17H13Cl2NO5S/c1-17(27)24(28)14-25(29)20-8-5-9-23(13-20)30-16-22-12-19(10-11-21(22)15-26)18-6-3-2-4-7-18;1-14(23)20(24)13-21(25)17-7-4-8-18(11-17)22-28(26,27)19-10-9-15-5-2-3-6-16(15)12-19;1-9(22)15(23)8-16(24)10-3-2-4-11(5-10)21-27(25,26)17-7-13(19)12(18)6-14(17)20;1-10(21)14(22)9-15(23)11-4-2-5-12(8-11)20-26(24,25)16-7-3-6-13(18)17(16)19;1-10(21)16(22)9-17(23)11-3-2-4-14(5-11)20-26(24,25)15-7-12(18)6-13(19)8-15/h2-14,29H,16H2,1H3;2-13,22,25H,1H3;2-8,21,24H,1H3;2*2-9,20,23H,1H3. The van der Waals surface area contributed by atoms with E-state index in [0.29, 0.717) is 16.9 Å². The van der Waals surface area contributed by atoms with Crippen molar-refractivity contribution in [3.8, 4) is 22.9 Å². The molecule has 0 bridgehead atoms. The Balaban J connectivity index is 0.000000210. The number of aliphatic hydroxyl groups excluding tert-OH is 5. The lowest BCUT2D eigenvalue weighted by Gasteiger charge is -2.11. The molecular weight excluding hydrogens is 2000 g/mol. The first-order valence-corrected chi connectivity index (χ1v) is 47.7. The van der Waals surface area contributed by atoms with E-state index in [1.54, 1.807) is 42.5 Å². The van der Waals surface area contributed by atoms with Gasteiger partial charge in [0, 0.05) is 131 Å². The number of hydrogen-bond acceptors (Lipinski definition) is 25. The van der Waals surface area contributed by atoms with Crippen LogP contribution in [0.4, 0.5) is 22.7 Å². The van der Waals surface area contributed by atoms with Crippen molar-refractivity contribution in [2.24, 2.45) is 0 Å². The number of ether oxygens (including phenoxy) is 1. The number of ketones is 10. The molecule has 0 aliphatic heterocycles. The summed E-state index contributed by atoms with van der Waals surface area (Å²) >= 11 is 41.0. The molecule has 12 rings (SSSR count). The number of anilines is 4. The van der Waals surface area contributed by atoms with Gasteiger partial charge in [-0.1, -0.05) is 215 Å². The van der Waals surface area contributed by atoms with Gasteiger partial charge in [0.25, 0.3) is 40.1 Å². The third kappa shape index (κ3) is 31.9. The number of fused-ring (bicyclic) bond motifs is 1. The molecule has 0 heterocycles. The van der Waals surface area contributed by atoms with Gasteiger partial charge < -0.3 is 30.3 Å². The minimum Gasteiger partial charge on any atom is -0.507 e. The molecule has 137 heavy (non-hydrogen) atoms. The zero-order valence-electron chi connectivity index (χ0n) is 71.6. The van der Waals surface area contributed by atoms with E-state index in [2.05, 4.69) is 25.0 Å². The van der Waals surface area contributed by atoms with Gasteiger partial charge in [-0.3, -0.25) is 66.8 Å². The SMILES string of the molecule is CC(=O)C(=O)C=C(O)c1cccc(NS(=O)(=O)c2cc(Cl)c(Cl)cc2Cl)c1.CC(=O)C(=O)C=C(O)c1cccc(NS(=O)(=O)c2cc(Cl)cc(Cl)c2)c1.CC(=O)C(=O)C=C(O)c1cccc(NS(=O)(=O)c2ccc3ccccc3c2)c1.CC(=O)C(=O)C=C(O)c1cccc(NS(=O)(=O)c2cccc(Cl)c2Cl)c1.CC(=O)C(=O)C=C(O)c1cccc(OCc2cc(-c3ccccc3)ccc2C#N)c1. The summed E-state index contributed by atoms with van der Waals surface area (Å²) in [5, 5.41) is 61.3. The van der Waals surface area contributed by atoms with Crippen LogP contribution in [0.3, 0.4) is 0 Å². The van der Waals surface area contributed by atoms with Crippen molar-refractivity contribution >= 4 is 241 Å². The molecule has 0 aliphatic carbocycles. The molecule has 0 spiro atoms. The van der Waals surface area contributed by atoms with Gasteiger partial charge in [-0.25, -0.2) is 33.7 Å². The second-order valence-corrected chi connectivity index (χ2v) is 38.1. The number of Topliss-reactive ketones (excluding diaryl/α,β-unsaturated/α-hetero) is 5. The molecule has 0 amide bonds. The molecule has 0 atom stereocenters.